The van der Waals surface area contributed by atoms with Crippen LogP contribution in [0.4, 0.5) is 18.2 Å². The highest BCUT2D eigenvalue weighted by Crippen LogP contribution is 2.46. The molecule has 0 aliphatic carbocycles. The van der Waals surface area contributed by atoms with E-state index < -0.39 is 35.3 Å². The number of aryl methyl sites for hydroxylation is 1. The van der Waals surface area contributed by atoms with Crippen molar-refractivity contribution < 1.29 is 22.8 Å². The van der Waals surface area contributed by atoms with Gasteiger partial charge in [-0.3, -0.25) is 14.3 Å². The van der Waals surface area contributed by atoms with E-state index in [1.807, 2.05) is 6.07 Å². The molecule has 0 spiro atoms. The number of piperazine rings is 1. The number of carbonyl (C=O) groups excluding carboxylic acids is 2. The van der Waals surface area contributed by atoms with Crippen molar-refractivity contribution in [1.82, 2.24) is 19.6 Å². The number of hydrogen-bond donors (Lipinski definition) is 1. The van der Waals surface area contributed by atoms with Crippen LogP contribution in [0.2, 0.25) is 5.15 Å². The monoisotopic (exact) mass is 570 g/mol. The van der Waals surface area contributed by atoms with Gasteiger partial charge in [-0.05, 0) is 24.1 Å². The maximum absolute atomic E-state index is 16.1. The van der Waals surface area contributed by atoms with E-state index in [0.717, 1.165) is 23.5 Å². The summed E-state index contributed by atoms with van der Waals surface area (Å²) in [5.74, 6) is -3.81. The molecule has 4 heterocycles. The van der Waals surface area contributed by atoms with E-state index in [1.54, 1.807) is 4.90 Å². The highest BCUT2D eigenvalue weighted by molar-refractivity contribution is 7.23. The topological polar surface area (TPSA) is 108 Å². The predicted octanol–water partition coefficient (Wildman–Crippen LogP) is 4.84. The Kier molecular flexibility index (Phi) is 5.82. The van der Waals surface area contributed by atoms with Gasteiger partial charge in [0, 0.05) is 37.1 Å². The van der Waals surface area contributed by atoms with Crippen molar-refractivity contribution >= 4 is 60.7 Å². The third kappa shape index (κ3) is 3.68. The zero-order valence-electron chi connectivity index (χ0n) is 20.1. The van der Waals surface area contributed by atoms with E-state index in [1.165, 1.54) is 15.6 Å². The summed E-state index contributed by atoms with van der Waals surface area (Å²) >= 11 is 7.45. The summed E-state index contributed by atoms with van der Waals surface area (Å²) in [5.41, 5.74) is 6.50. The minimum Gasteiger partial charge on any atom is -0.389 e. The number of amides is 2. The van der Waals surface area contributed by atoms with Crippen LogP contribution in [-0.4, -0.2) is 57.1 Å². The number of fused-ring (bicyclic) bond motifs is 2. The first-order chi connectivity index (χ1) is 18.6. The number of nitriles is 1. The first-order valence-electron chi connectivity index (χ1n) is 11.9. The van der Waals surface area contributed by atoms with Gasteiger partial charge in [-0.1, -0.05) is 24.2 Å². The summed E-state index contributed by atoms with van der Waals surface area (Å²) in [6.45, 7) is 3.63. The zero-order chi connectivity index (χ0) is 27.7. The maximum Gasteiger partial charge on any atom is 0.282 e. The lowest BCUT2D eigenvalue weighted by Crippen LogP contribution is -2.57. The second kappa shape index (κ2) is 9.00. The predicted molar refractivity (Wildman–Crippen MR) is 141 cm³/mol. The van der Waals surface area contributed by atoms with Crippen LogP contribution in [0.15, 0.2) is 30.6 Å². The van der Waals surface area contributed by atoms with Crippen molar-refractivity contribution in [3.05, 3.63) is 58.5 Å². The van der Waals surface area contributed by atoms with E-state index in [0.29, 0.717) is 11.9 Å². The molecule has 0 unspecified atom stereocenters. The van der Waals surface area contributed by atoms with E-state index in [-0.39, 0.29) is 74.1 Å². The summed E-state index contributed by atoms with van der Waals surface area (Å²) < 4.78 is 45.8. The fourth-order valence-corrected chi connectivity index (χ4v) is 6.79. The summed E-state index contributed by atoms with van der Waals surface area (Å²) in [5, 5.41) is 14.4. The molecule has 198 valence electrons. The van der Waals surface area contributed by atoms with Gasteiger partial charge in [0.1, 0.15) is 22.7 Å². The number of nitrogens with two attached hydrogens (primary N) is 1. The number of aromatic nitrogens is 2. The van der Waals surface area contributed by atoms with E-state index >= 15 is 4.39 Å². The fraction of sp³-hybridized carbons (Fsp3) is 0.231. The van der Waals surface area contributed by atoms with Gasteiger partial charge in [-0.2, -0.15) is 10.4 Å². The van der Waals surface area contributed by atoms with Crippen LogP contribution in [0, 0.1) is 23.0 Å². The van der Waals surface area contributed by atoms with Crippen molar-refractivity contribution in [2.75, 3.05) is 25.4 Å². The Balaban J connectivity index is 1.55. The lowest BCUT2D eigenvalue weighted by atomic mass is 9.93. The average Bonchev–Trinajstić information content (AvgIpc) is 3.42. The number of anilines is 1. The highest BCUT2D eigenvalue weighted by atomic mass is 35.5. The molecule has 4 aromatic rings. The molecule has 1 atom stereocenters. The molecule has 0 radical (unpaired) electrons. The molecular weight excluding hydrogens is 553 g/mol. The molecule has 2 aromatic carbocycles. The molecule has 1 saturated heterocycles. The molecule has 13 heteroatoms. The second-order valence-electron chi connectivity index (χ2n) is 9.37. The Morgan fingerprint density at radius 3 is 2.69 bits per heavy atom. The van der Waals surface area contributed by atoms with Gasteiger partial charge in [0.15, 0.2) is 11.0 Å². The molecule has 2 N–H and O–H groups in total. The number of nitrogen functional groups attached to an aromatic ring is 1. The minimum absolute atomic E-state index is 0.0213. The largest absolute Gasteiger partial charge is 0.389 e. The number of hydrogen-bond acceptors (Lipinski definition) is 6. The van der Waals surface area contributed by atoms with Crippen LogP contribution >= 0.6 is 22.9 Å². The summed E-state index contributed by atoms with van der Waals surface area (Å²) in [6, 6.07) is 5.12. The maximum atomic E-state index is 16.1. The van der Waals surface area contributed by atoms with E-state index in [9.17, 15) is 23.6 Å². The molecule has 6 rings (SSSR count). The van der Waals surface area contributed by atoms with Crippen molar-refractivity contribution in [3.8, 4) is 17.2 Å². The van der Waals surface area contributed by atoms with Gasteiger partial charge >= 0.3 is 0 Å². The lowest BCUT2D eigenvalue weighted by Gasteiger charge is -2.42. The Morgan fingerprint density at radius 1 is 1.21 bits per heavy atom. The van der Waals surface area contributed by atoms with Crippen molar-refractivity contribution in [3.63, 3.8) is 0 Å². The highest BCUT2D eigenvalue weighted by Gasteiger charge is 2.37. The Hall–Kier alpha value is -4.08. The first-order valence-corrected chi connectivity index (χ1v) is 13.1. The summed E-state index contributed by atoms with van der Waals surface area (Å²) in [6.07, 6.45) is 0.369. The average molecular weight is 571 g/mol. The molecule has 0 saturated carbocycles. The van der Waals surface area contributed by atoms with E-state index in [4.69, 9.17) is 17.3 Å². The van der Waals surface area contributed by atoms with Crippen LogP contribution < -0.4 is 5.73 Å². The molecule has 2 aliphatic rings. The minimum atomic E-state index is -1.08. The quantitative estimate of drug-likeness (QED) is 0.347. The van der Waals surface area contributed by atoms with Gasteiger partial charge in [0.2, 0.25) is 0 Å². The van der Waals surface area contributed by atoms with E-state index in [2.05, 4.69) is 11.7 Å². The molecule has 8 nitrogen and oxygen atoms in total. The van der Waals surface area contributed by atoms with Crippen LogP contribution in [0.3, 0.4) is 0 Å². The SMILES string of the molecule is C=C(F)C(=O)N1CCN2C(=O)c3cc(F)c(-c4ccc(F)c5sc(N)c(C#N)c45)c4c(Cl)nn(c34)CC[C@H]2C1. The third-order valence-corrected chi connectivity index (χ3v) is 8.58. The number of nitrogens with zero attached hydrogens (tertiary/aromatic N) is 5. The van der Waals surface area contributed by atoms with Crippen LogP contribution in [0.1, 0.15) is 22.3 Å². The summed E-state index contributed by atoms with van der Waals surface area (Å²) in [4.78, 5) is 28.8. The lowest BCUT2D eigenvalue weighted by molar-refractivity contribution is -0.131. The Morgan fingerprint density at radius 2 is 1.97 bits per heavy atom. The van der Waals surface area contributed by atoms with Crippen molar-refractivity contribution in [2.45, 2.75) is 19.0 Å². The molecule has 0 bridgehead atoms. The molecule has 39 heavy (non-hydrogen) atoms. The Labute approximate surface area is 228 Å². The van der Waals surface area contributed by atoms with Gasteiger partial charge < -0.3 is 15.5 Å². The number of thiophene rings is 1. The molecule has 2 aliphatic heterocycles. The van der Waals surface area contributed by atoms with Crippen LogP contribution in [-0.2, 0) is 11.3 Å². The Bertz CT molecular complexity index is 1810. The van der Waals surface area contributed by atoms with Crippen LogP contribution in [0.25, 0.3) is 32.1 Å². The molecular formula is C26H18ClF3N6O2S. The molecule has 2 amide bonds. The fourth-order valence-electron chi connectivity index (χ4n) is 5.56. The number of carbonyl (C=O) groups is 2. The molecule has 2 aromatic heterocycles. The van der Waals surface area contributed by atoms with Gasteiger partial charge in [-0.25, -0.2) is 13.2 Å². The van der Waals surface area contributed by atoms with Crippen LogP contribution in [0.5, 0.6) is 0 Å². The van der Waals surface area contributed by atoms with Gasteiger partial charge in [0.25, 0.3) is 11.8 Å². The number of benzene rings is 2. The number of halogens is 4. The van der Waals surface area contributed by atoms with Gasteiger partial charge in [-0.15, -0.1) is 11.3 Å². The normalized spacial score (nSPS) is 17.2. The summed E-state index contributed by atoms with van der Waals surface area (Å²) in [7, 11) is 0. The number of rotatable bonds is 2. The third-order valence-electron chi connectivity index (χ3n) is 7.29. The molecule has 1 fully saturated rings. The van der Waals surface area contributed by atoms with Crippen molar-refractivity contribution in [2.24, 2.45) is 0 Å². The zero-order valence-corrected chi connectivity index (χ0v) is 21.7. The first kappa shape index (κ1) is 25.2. The smallest absolute Gasteiger partial charge is 0.282 e. The van der Waals surface area contributed by atoms with Gasteiger partial charge in [0.05, 0.1) is 32.8 Å². The second-order valence-corrected chi connectivity index (χ2v) is 10.8. The van der Waals surface area contributed by atoms with Crippen molar-refractivity contribution in [1.29, 1.82) is 5.26 Å². The standard InChI is InChI=1S/C26H18ClF3N6O2S/c1-11(28)25(37)34-6-7-35-12(10-34)4-5-36-21-14(26(35)38)8-17(30)19(20(21)23(27)33-36)13-2-3-16(29)22-18(13)15(9-31)24(32)39-22/h2-3,8,12H,1,4-7,10,32H2/t12-/m0/s1.